The van der Waals surface area contributed by atoms with Crippen LogP contribution in [0.25, 0.3) is 0 Å². The van der Waals surface area contributed by atoms with Gasteiger partial charge >= 0.3 is 0 Å². The van der Waals surface area contributed by atoms with Crippen LogP contribution in [0.4, 0.5) is 5.82 Å². The highest BCUT2D eigenvalue weighted by Gasteiger charge is 2.22. The molecule has 0 aliphatic carbocycles. The van der Waals surface area contributed by atoms with Crippen molar-refractivity contribution in [1.82, 2.24) is 24.7 Å². The summed E-state index contributed by atoms with van der Waals surface area (Å²) in [5.41, 5.74) is 0.483. The number of piperazine rings is 1. The van der Waals surface area contributed by atoms with Gasteiger partial charge in [0.1, 0.15) is 17.3 Å². The summed E-state index contributed by atoms with van der Waals surface area (Å²) >= 11 is 0. The summed E-state index contributed by atoms with van der Waals surface area (Å²) in [5, 5.41) is 3.29. The molecule has 0 radical (unpaired) electrons. The molecule has 1 aliphatic rings. The Kier molecular flexibility index (Phi) is 6.29. The van der Waals surface area contributed by atoms with Crippen LogP contribution in [0, 0.1) is 6.92 Å². The molecule has 128 valence electrons. The minimum atomic E-state index is -0.0000541. The van der Waals surface area contributed by atoms with Crippen LogP contribution >= 0.6 is 0 Å². The first-order valence-corrected chi connectivity index (χ1v) is 8.18. The van der Waals surface area contributed by atoms with Gasteiger partial charge in [0.2, 0.25) is 0 Å². The standard InChI is InChI=1S/C16H28N6O/c1-13-18-14(16(23)22-10-8-21(4)9-11-22)12-15(19-13)17-6-5-7-20(2)3/h12H,5-11H2,1-4H3,(H,17,18,19). The SMILES string of the molecule is Cc1nc(NCCCN(C)C)cc(C(=O)N2CCN(C)CC2)n1. The van der Waals surface area contributed by atoms with E-state index in [1.807, 2.05) is 11.8 Å². The third-order valence-electron chi connectivity index (χ3n) is 3.94. The lowest BCUT2D eigenvalue weighted by molar-refractivity contribution is 0.0658. The highest BCUT2D eigenvalue weighted by atomic mass is 16.2. The summed E-state index contributed by atoms with van der Waals surface area (Å²) in [5.74, 6) is 1.36. The van der Waals surface area contributed by atoms with Crippen molar-refractivity contribution < 1.29 is 4.79 Å². The van der Waals surface area contributed by atoms with Crippen LogP contribution in [0.3, 0.4) is 0 Å². The van der Waals surface area contributed by atoms with Gasteiger partial charge in [-0.05, 0) is 41.0 Å². The molecule has 0 saturated carbocycles. The van der Waals surface area contributed by atoms with Crippen LogP contribution in [0.5, 0.6) is 0 Å². The molecule has 23 heavy (non-hydrogen) atoms. The second-order valence-corrected chi connectivity index (χ2v) is 6.36. The number of anilines is 1. The fraction of sp³-hybridized carbons (Fsp3) is 0.688. The smallest absolute Gasteiger partial charge is 0.272 e. The quantitative estimate of drug-likeness (QED) is 0.772. The Morgan fingerprint density at radius 1 is 1.26 bits per heavy atom. The molecule has 1 aromatic rings. The first kappa shape index (κ1) is 17.6. The molecule has 1 N–H and O–H groups in total. The van der Waals surface area contributed by atoms with E-state index in [2.05, 4.69) is 46.2 Å². The van der Waals surface area contributed by atoms with E-state index < -0.39 is 0 Å². The number of nitrogens with zero attached hydrogens (tertiary/aromatic N) is 5. The number of rotatable bonds is 6. The fourth-order valence-electron chi connectivity index (χ4n) is 2.55. The largest absolute Gasteiger partial charge is 0.370 e. The molecule has 2 heterocycles. The monoisotopic (exact) mass is 320 g/mol. The summed E-state index contributed by atoms with van der Waals surface area (Å²) in [6.45, 7) is 7.00. The number of carbonyl (C=O) groups is 1. The molecule has 2 rings (SSSR count). The van der Waals surface area contributed by atoms with Gasteiger partial charge in [0.05, 0.1) is 0 Å². The van der Waals surface area contributed by atoms with Crippen molar-refractivity contribution in [2.24, 2.45) is 0 Å². The molecule has 0 spiro atoms. The number of likely N-dealkylation sites (N-methyl/N-ethyl adjacent to an activating group) is 1. The van der Waals surface area contributed by atoms with Crippen LogP contribution in [0.2, 0.25) is 0 Å². The van der Waals surface area contributed by atoms with Crippen LogP contribution in [0.15, 0.2) is 6.07 Å². The van der Waals surface area contributed by atoms with Crippen molar-refractivity contribution in [3.63, 3.8) is 0 Å². The predicted octanol–water partition coefficient (Wildman–Crippen LogP) is 0.536. The minimum absolute atomic E-state index is 0.0000541. The van der Waals surface area contributed by atoms with Gasteiger partial charge in [0.15, 0.2) is 0 Å². The number of hydrogen-bond donors (Lipinski definition) is 1. The topological polar surface area (TPSA) is 64.6 Å². The normalized spacial score (nSPS) is 16.0. The molecule has 1 saturated heterocycles. The highest BCUT2D eigenvalue weighted by molar-refractivity contribution is 5.93. The van der Waals surface area contributed by atoms with Crippen LogP contribution in [0.1, 0.15) is 22.7 Å². The first-order chi connectivity index (χ1) is 11.0. The van der Waals surface area contributed by atoms with Crippen molar-refractivity contribution in [3.05, 3.63) is 17.6 Å². The zero-order valence-electron chi connectivity index (χ0n) is 14.7. The second-order valence-electron chi connectivity index (χ2n) is 6.36. The lowest BCUT2D eigenvalue weighted by Crippen LogP contribution is -2.47. The van der Waals surface area contributed by atoms with E-state index in [1.165, 1.54) is 0 Å². The van der Waals surface area contributed by atoms with Gasteiger partial charge < -0.3 is 20.0 Å². The van der Waals surface area contributed by atoms with E-state index in [9.17, 15) is 4.79 Å². The maximum atomic E-state index is 12.6. The van der Waals surface area contributed by atoms with Gasteiger partial charge in [0, 0.05) is 38.8 Å². The summed E-state index contributed by atoms with van der Waals surface area (Å²) in [6, 6.07) is 1.77. The zero-order valence-corrected chi connectivity index (χ0v) is 14.7. The molecule has 7 nitrogen and oxygen atoms in total. The van der Waals surface area contributed by atoms with E-state index in [4.69, 9.17) is 0 Å². The summed E-state index contributed by atoms with van der Waals surface area (Å²) < 4.78 is 0. The van der Waals surface area contributed by atoms with Crippen LogP contribution in [-0.4, -0.2) is 91.0 Å². The summed E-state index contributed by atoms with van der Waals surface area (Å²) in [4.78, 5) is 27.6. The maximum Gasteiger partial charge on any atom is 0.272 e. The van der Waals surface area contributed by atoms with Gasteiger partial charge in [-0.1, -0.05) is 0 Å². The van der Waals surface area contributed by atoms with Crippen molar-refractivity contribution in [3.8, 4) is 0 Å². The lowest BCUT2D eigenvalue weighted by atomic mass is 10.2. The Morgan fingerprint density at radius 3 is 2.61 bits per heavy atom. The van der Waals surface area contributed by atoms with E-state index in [0.717, 1.165) is 51.5 Å². The molecule has 0 unspecified atom stereocenters. The van der Waals surface area contributed by atoms with Crippen molar-refractivity contribution >= 4 is 11.7 Å². The Labute approximate surface area is 138 Å². The van der Waals surface area contributed by atoms with Crippen molar-refractivity contribution in [2.75, 3.05) is 65.7 Å². The fourth-order valence-corrected chi connectivity index (χ4v) is 2.55. The van der Waals surface area contributed by atoms with E-state index >= 15 is 0 Å². The number of nitrogens with one attached hydrogen (secondary N) is 1. The van der Waals surface area contributed by atoms with E-state index in [0.29, 0.717) is 11.5 Å². The molecule has 7 heteroatoms. The number of aromatic nitrogens is 2. The summed E-state index contributed by atoms with van der Waals surface area (Å²) in [6.07, 6.45) is 1.03. The number of hydrogen-bond acceptors (Lipinski definition) is 6. The maximum absolute atomic E-state index is 12.6. The first-order valence-electron chi connectivity index (χ1n) is 8.18. The lowest BCUT2D eigenvalue weighted by Gasteiger charge is -2.32. The minimum Gasteiger partial charge on any atom is -0.370 e. The van der Waals surface area contributed by atoms with Gasteiger partial charge in [-0.2, -0.15) is 0 Å². The van der Waals surface area contributed by atoms with E-state index in [-0.39, 0.29) is 5.91 Å². The third kappa shape index (κ3) is 5.44. The Balaban J connectivity index is 1.97. The average molecular weight is 320 g/mol. The second kappa shape index (κ2) is 8.21. The van der Waals surface area contributed by atoms with Gasteiger partial charge in [-0.15, -0.1) is 0 Å². The van der Waals surface area contributed by atoms with Crippen LogP contribution in [-0.2, 0) is 0 Å². The molecular formula is C16H28N6O. The molecule has 1 aliphatic heterocycles. The Bertz CT molecular complexity index is 525. The van der Waals surface area contributed by atoms with Gasteiger partial charge in [-0.3, -0.25) is 4.79 Å². The average Bonchev–Trinajstić information content (AvgIpc) is 2.51. The molecule has 1 aromatic heterocycles. The molecule has 0 bridgehead atoms. The zero-order chi connectivity index (χ0) is 16.8. The number of aryl methyl sites for hydroxylation is 1. The molecule has 1 amide bonds. The third-order valence-corrected chi connectivity index (χ3v) is 3.94. The summed E-state index contributed by atoms with van der Waals surface area (Å²) in [7, 11) is 6.19. The van der Waals surface area contributed by atoms with Gasteiger partial charge in [-0.25, -0.2) is 9.97 Å². The molecular weight excluding hydrogens is 292 g/mol. The van der Waals surface area contributed by atoms with Gasteiger partial charge in [0.25, 0.3) is 5.91 Å². The Morgan fingerprint density at radius 2 is 1.96 bits per heavy atom. The predicted molar refractivity (Wildman–Crippen MR) is 91.8 cm³/mol. The van der Waals surface area contributed by atoms with Crippen molar-refractivity contribution in [2.45, 2.75) is 13.3 Å². The highest BCUT2D eigenvalue weighted by Crippen LogP contribution is 2.11. The molecule has 0 atom stereocenters. The molecule has 0 aromatic carbocycles. The number of amides is 1. The Hall–Kier alpha value is -1.73. The van der Waals surface area contributed by atoms with Crippen molar-refractivity contribution in [1.29, 1.82) is 0 Å². The van der Waals surface area contributed by atoms with E-state index in [1.54, 1.807) is 6.07 Å². The number of carbonyl (C=O) groups excluding carboxylic acids is 1. The van der Waals surface area contributed by atoms with Crippen LogP contribution < -0.4 is 5.32 Å². The molecule has 1 fully saturated rings.